The van der Waals surface area contributed by atoms with E-state index in [1.54, 1.807) is 30.3 Å². The lowest BCUT2D eigenvalue weighted by molar-refractivity contribution is 0.182. The van der Waals surface area contributed by atoms with E-state index in [1.165, 1.54) is 37.6 Å². The molecule has 10 nitrogen and oxygen atoms in total. The molecule has 1 saturated carbocycles. The molecule has 12 heteroatoms. The van der Waals surface area contributed by atoms with Crippen LogP contribution in [0.3, 0.4) is 0 Å². The van der Waals surface area contributed by atoms with Crippen LogP contribution in [0.2, 0.25) is 0 Å². The molecule has 1 fully saturated rings. The highest BCUT2D eigenvalue weighted by Gasteiger charge is 2.47. The molecule has 3 N–H and O–H groups in total. The number of rotatable bonds is 9. The van der Waals surface area contributed by atoms with Crippen LogP contribution in [0.1, 0.15) is 30.9 Å². The number of aromatic nitrogens is 4. The van der Waals surface area contributed by atoms with Crippen LogP contribution < -0.4 is 14.8 Å². The van der Waals surface area contributed by atoms with E-state index in [4.69, 9.17) is 4.74 Å². The maximum atomic E-state index is 13.5. The van der Waals surface area contributed by atoms with Crippen molar-refractivity contribution in [2.45, 2.75) is 25.4 Å². The number of nitriles is 1. The zero-order valence-corrected chi connectivity index (χ0v) is 20.5. The number of H-pyrrole nitrogens is 1. The molecule has 0 saturated heterocycles. The van der Waals surface area contributed by atoms with Crippen molar-refractivity contribution < 1.29 is 17.5 Å². The van der Waals surface area contributed by atoms with Crippen LogP contribution in [0, 0.1) is 17.1 Å². The fourth-order valence-electron chi connectivity index (χ4n) is 3.85. The van der Waals surface area contributed by atoms with Gasteiger partial charge in [-0.3, -0.25) is 14.8 Å². The summed E-state index contributed by atoms with van der Waals surface area (Å²) in [5.74, 6) is 0.486. The average molecular weight is 520 g/mol. The van der Waals surface area contributed by atoms with Crippen molar-refractivity contribution in [3.63, 3.8) is 0 Å². The molecule has 2 aromatic heterocycles. The standard InChI is InChI=1S/C25H22FN7O3S/c1-2-37(34,35)33-20-8-3-16(13-21(20)36-25(9-10-25)17-4-6-18(26)7-5-17)23-19(14-27)24(32-31-23)30-22-15-28-11-12-29-22/h3-8,11-13,15,33H,2,9-10H2,1H3,(H2,29,30,31,32). The molecule has 0 unspecified atom stereocenters. The number of sulfonamides is 1. The van der Waals surface area contributed by atoms with Gasteiger partial charge in [0, 0.05) is 18.0 Å². The van der Waals surface area contributed by atoms with Crippen LogP contribution in [-0.2, 0) is 15.6 Å². The second-order valence-corrected chi connectivity index (χ2v) is 10.5. The monoisotopic (exact) mass is 519 g/mol. The van der Waals surface area contributed by atoms with E-state index in [0.717, 1.165) is 5.56 Å². The number of benzene rings is 2. The van der Waals surface area contributed by atoms with E-state index < -0.39 is 15.6 Å². The van der Waals surface area contributed by atoms with Gasteiger partial charge in [0.2, 0.25) is 10.0 Å². The van der Waals surface area contributed by atoms with Gasteiger partial charge in [-0.05, 0) is 49.6 Å². The molecule has 37 heavy (non-hydrogen) atoms. The number of anilines is 3. The van der Waals surface area contributed by atoms with E-state index in [1.807, 2.05) is 0 Å². The average Bonchev–Trinajstić information content (AvgIpc) is 3.57. The summed E-state index contributed by atoms with van der Waals surface area (Å²) in [6.45, 7) is 1.54. The minimum Gasteiger partial charge on any atom is -0.480 e. The Bertz CT molecular complexity index is 1580. The lowest BCUT2D eigenvalue weighted by Gasteiger charge is -2.22. The quantitative estimate of drug-likeness (QED) is 0.294. The first-order valence-electron chi connectivity index (χ1n) is 11.4. The molecule has 4 aromatic rings. The summed E-state index contributed by atoms with van der Waals surface area (Å²) >= 11 is 0. The van der Waals surface area contributed by atoms with E-state index >= 15 is 0 Å². The molecule has 0 bridgehead atoms. The highest BCUT2D eigenvalue weighted by Crippen LogP contribution is 2.51. The summed E-state index contributed by atoms with van der Waals surface area (Å²) < 4.78 is 47.2. The lowest BCUT2D eigenvalue weighted by Crippen LogP contribution is -2.19. The Morgan fingerprint density at radius 3 is 2.62 bits per heavy atom. The number of nitrogens with zero attached hydrogens (tertiary/aromatic N) is 4. The Balaban J connectivity index is 1.53. The number of aromatic amines is 1. The zero-order chi connectivity index (χ0) is 26.0. The molecule has 2 heterocycles. The maximum absolute atomic E-state index is 13.5. The van der Waals surface area contributed by atoms with Gasteiger partial charge in [-0.25, -0.2) is 17.8 Å². The van der Waals surface area contributed by atoms with Gasteiger partial charge in [-0.1, -0.05) is 18.2 Å². The number of hydrogen-bond acceptors (Lipinski definition) is 8. The Morgan fingerprint density at radius 1 is 1.19 bits per heavy atom. The smallest absolute Gasteiger partial charge is 0.232 e. The summed E-state index contributed by atoms with van der Waals surface area (Å²) in [7, 11) is -3.60. The number of hydrogen-bond donors (Lipinski definition) is 3. The van der Waals surface area contributed by atoms with Crippen LogP contribution in [0.4, 0.5) is 21.7 Å². The highest BCUT2D eigenvalue weighted by molar-refractivity contribution is 7.92. The van der Waals surface area contributed by atoms with Crippen molar-refractivity contribution >= 4 is 27.3 Å². The van der Waals surface area contributed by atoms with Crippen molar-refractivity contribution in [2.24, 2.45) is 0 Å². The van der Waals surface area contributed by atoms with Gasteiger partial charge in [0.05, 0.1) is 23.3 Å². The molecule has 2 aromatic carbocycles. The third-order valence-corrected chi connectivity index (χ3v) is 7.27. The zero-order valence-electron chi connectivity index (χ0n) is 19.7. The third kappa shape index (κ3) is 5.07. The first-order chi connectivity index (χ1) is 17.8. The van der Waals surface area contributed by atoms with E-state index in [-0.39, 0.29) is 34.4 Å². The van der Waals surface area contributed by atoms with Crippen molar-refractivity contribution in [3.8, 4) is 23.1 Å². The predicted molar refractivity (Wildman–Crippen MR) is 135 cm³/mol. The van der Waals surface area contributed by atoms with Crippen molar-refractivity contribution in [2.75, 3.05) is 15.8 Å². The van der Waals surface area contributed by atoms with Crippen molar-refractivity contribution in [3.05, 3.63) is 78.0 Å². The maximum Gasteiger partial charge on any atom is 0.232 e. The van der Waals surface area contributed by atoms with Crippen LogP contribution >= 0.6 is 0 Å². The van der Waals surface area contributed by atoms with Gasteiger partial charge in [-0.2, -0.15) is 10.4 Å². The summed E-state index contributed by atoms with van der Waals surface area (Å²) in [6.07, 6.45) is 5.91. The van der Waals surface area contributed by atoms with E-state index in [0.29, 0.717) is 29.9 Å². The molecular formula is C25H22FN7O3S. The van der Waals surface area contributed by atoms with Gasteiger partial charge in [0.15, 0.2) is 5.82 Å². The largest absolute Gasteiger partial charge is 0.480 e. The Morgan fingerprint density at radius 2 is 1.97 bits per heavy atom. The Labute approximate surface area is 212 Å². The molecule has 0 radical (unpaired) electrons. The van der Waals surface area contributed by atoms with Crippen molar-refractivity contribution in [1.82, 2.24) is 20.2 Å². The number of nitrogens with one attached hydrogen (secondary N) is 3. The predicted octanol–water partition coefficient (Wildman–Crippen LogP) is 4.45. The normalized spacial score (nSPS) is 14.0. The molecule has 5 rings (SSSR count). The van der Waals surface area contributed by atoms with Gasteiger partial charge in [0.1, 0.15) is 34.6 Å². The van der Waals surface area contributed by atoms with E-state index in [9.17, 15) is 18.1 Å². The Kier molecular flexibility index (Phi) is 6.22. The first kappa shape index (κ1) is 24.2. The molecule has 1 aliphatic rings. The second kappa shape index (κ2) is 9.51. The van der Waals surface area contributed by atoms with Crippen LogP contribution in [-0.4, -0.2) is 34.3 Å². The molecule has 0 aliphatic heterocycles. The number of ether oxygens (including phenoxy) is 1. The van der Waals surface area contributed by atoms with Crippen LogP contribution in [0.5, 0.6) is 5.75 Å². The summed E-state index contributed by atoms with van der Waals surface area (Å²) in [6, 6.07) is 13.1. The minimum atomic E-state index is -3.60. The fraction of sp³-hybridized carbons (Fsp3) is 0.200. The fourth-order valence-corrected chi connectivity index (χ4v) is 4.50. The van der Waals surface area contributed by atoms with Gasteiger partial charge in [-0.15, -0.1) is 0 Å². The molecule has 0 atom stereocenters. The van der Waals surface area contributed by atoms with Crippen LogP contribution in [0.15, 0.2) is 61.1 Å². The van der Waals surface area contributed by atoms with Crippen molar-refractivity contribution in [1.29, 1.82) is 5.26 Å². The molecule has 0 spiro atoms. The van der Waals surface area contributed by atoms with E-state index in [2.05, 4.69) is 36.3 Å². The molecule has 1 aliphatic carbocycles. The molecule has 0 amide bonds. The lowest BCUT2D eigenvalue weighted by atomic mass is 10.1. The minimum absolute atomic E-state index is 0.117. The Hall–Kier alpha value is -4.50. The molecular weight excluding hydrogens is 497 g/mol. The second-order valence-electron chi connectivity index (χ2n) is 8.47. The molecule has 188 valence electrons. The number of halogens is 1. The summed E-state index contributed by atoms with van der Waals surface area (Å²) in [5.41, 5.74) is 1.55. The third-order valence-electron chi connectivity index (χ3n) is 5.98. The van der Waals surface area contributed by atoms with Gasteiger partial charge < -0.3 is 10.1 Å². The van der Waals surface area contributed by atoms with Gasteiger partial charge >= 0.3 is 0 Å². The SMILES string of the molecule is CCS(=O)(=O)Nc1ccc(-c2[nH]nc(Nc3cnccn3)c2C#N)cc1OC1(c2ccc(F)cc2)CC1. The summed E-state index contributed by atoms with van der Waals surface area (Å²) in [5, 5.41) is 19.9. The van der Waals surface area contributed by atoms with Crippen LogP contribution in [0.25, 0.3) is 11.3 Å². The highest BCUT2D eigenvalue weighted by atomic mass is 32.2. The summed E-state index contributed by atoms with van der Waals surface area (Å²) in [4.78, 5) is 8.12. The topological polar surface area (TPSA) is 146 Å². The van der Waals surface area contributed by atoms with Gasteiger partial charge in [0.25, 0.3) is 0 Å². The first-order valence-corrected chi connectivity index (χ1v) is 13.1.